The van der Waals surface area contributed by atoms with Crippen molar-refractivity contribution in [2.24, 2.45) is 7.05 Å². The fraction of sp³-hybridized carbons (Fsp3) is 0.353. The van der Waals surface area contributed by atoms with Crippen LogP contribution in [0.1, 0.15) is 30.3 Å². The predicted octanol–water partition coefficient (Wildman–Crippen LogP) is 2.26. The lowest BCUT2D eigenvalue weighted by Gasteiger charge is -2.24. The number of para-hydroxylation sites is 1. The highest BCUT2D eigenvalue weighted by Gasteiger charge is 2.29. The van der Waals surface area contributed by atoms with Gasteiger partial charge in [-0.1, -0.05) is 17.3 Å². The number of nitrogens with zero attached hydrogens (tertiary/aromatic N) is 4. The quantitative estimate of drug-likeness (QED) is 0.742. The summed E-state index contributed by atoms with van der Waals surface area (Å²) in [5.74, 6) is 0.836. The monoisotopic (exact) mass is 310 g/mol. The highest BCUT2D eigenvalue weighted by atomic mass is 16.5. The van der Waals surface area contributed by atoms with E-state index in [0.29, 0.717) is 5.39 Å². The molecule has 6 nitrogen and oxygen atoms in total. The van der Waals surface area contributed by atoms with Gasteiger partial charge in [-0.2, -0.15) is 0 Å². The molecule has 4 rings (SSSR count). The van der Waals surface area contributed by atoms with E-state index in [2.05, 4.69) is 10.1 Å². The van der Waals surface area contributed by atoms with E-state index >= 15 is 0 Å². The second kappa shape index (κ2) is 5.62. The number of hydrogen-bond donors (Lipinski definition) is 0. The largest absolute Gasteiger partial charge is 0.364 e. The van der Waals surface area contributed by atoms with Gasteiger partial charge in [0.05, 0.1) is 23.1 Å². The Kier molecular flexibility index (Phi) is 3.46. The molecule has 1 aromatic carbocycles. The van der Waals surface area contributed by atoms with Crippen molar-refractivity contribution in [2.75, 3.05) is 6.54 Å². The van der Waals surface area contributed by atoms with Crippen LogP contribution in [-0.4, -0.2) is 26.2 Å². The molecule has 118 valence electrons. The minimum atomic E-state index is 0.0161. The third-order valence-electron chi connectivity index (χ3n) is 4.55. The summed E-state index contributed by atoms with van der Waals surface area (Å²) in [7, 11) is 1.81. The summed E-state index contributed by atoms with van der Waals surface area (Å²) in [4.78, 5) is 19.7. The molecule has 3 heterocycles. The molecule has 0 spiro atoms. The number of benzene rings is 1. The van der Waals surface area contributed by atoms with Crippen molar-refractivity contribution in [1.29, 1.82) is 0 Å². The maximum absolute atomic E-state index is 12.6. The first-order valence-electron chi connectivity index (χ1n) is 7.82. The summed E-state index contributed by atoms with van der Waals surface area (Å²) in [5.41, 5.74) is 1.83. The van der Waals surface area contributed by atoms with Crippen LogP contribution in [0.4, 0.5) is 0 Å². The van der Waals surface area contributed by atoms with Crippen LogP contribution < -0.4 is 5.56 Å². The lowest BCUT2D eigenvalue weighted by Crippen LogP contribution is -2.30. The van der Waals surface area contributed by atoms with Gasteiger partial charge in [0.15, 0.2) is 0 Å². The number of likely N-dealkylation sites (tertiary alicyclic amines) is 1. The summed E-state index contributed by atoms with van der Waals surface area (Å²) in [6.07, 6.45) is 5.51. The molecule has 0 bridgehead atoms. The zero-order valence-corrected chi connectivity index (χ0v) is 13.0. The van der Waals surface area contributed by atoms with E-state index in [9.17, 15) is 4.79 Å². The van der Waals surface area contributed by atoms with Crippen LogP contribution in [0, 0.1) is 0 Å². The average Bonchev–Trinajstić information content (AvgIpc) is 3.23. The summed E-state index contributed by atoms with van der Waals surface area (Å²) >= 11 is 0. The first kappa shape index (κ1) is 14.1. The molecule has 1 fully saturated rings. The van der Waals surface area contributed by atoms with Gasteiger partial charge in [0.25, 0.3) is 5.56 Å². The highest BCUT2D eigenvalue weighted by molar-refractivity contribution is 5.77. The van der Waals surface area contributed by atoms with E-state index in [1.165, 1.54) is 0 Å². The third kappa shape index (κ3) is 2.45. The molecule has 1 atom stereocenters. The molecular weight excluding hydrogens is 292 g/mol. The van der Waals surface area contributed by atoms with E-state index in [1.54, 1.807) is 17.0 Å². The Morgan fingerprint density at radius 3 is 3.04 bits per heavy atom. The van der Waals surface area contributed by atoms with Crippen LogP contribution >= 0.6 is 0 Å². The minimum absolute atomic E-state index is 0.0161. The van der Waals surface area contributed by atoms with Gasteiger partial charge in [0.1, 0.15) is 12.1 Å². The smallest absolute Gasteiger partial charge is 0.261 e. The molecular formula is C17H18N4O2. The number of fused-ring (bicyclic) bond motifs is 1. The van der Waals surface area contributed by atoms with Crippen LogP contribution in [0.25, 0.3) is 10.9 Å². The highest BCUT2D eigenvalue weighted by Crippen LogP contribution is 2.32. The molecule has 2 aromatic heterocycles. The van der Waals surface area contributed by atoms with Gasteiger partial charge < -0.3 is 4.52 Å². The Morgan fingerprint density at radius 1 is 1.35 bits per heavy atom. The fourth-order valence-electron chi connectivity index (χ4n) is 3.38. The lowest BCUT2D eigenvalue weighted by molar-refractivity contribution is 0.234. The summed E-state index contributed by atoms with van der Waals surface area (Å²) in [6.45, 7) is 1.75. The maximum atomic E-state index is 12.6. The summed E-state index contributed by atoms with van der Waals surface area (Å²) in [5, 5.41) is 4.43. The zero-order chi connectivity index (χ0) is 15.8. The molecule has 23 heavy (non-hydrogen) atoms. The van der Waals surface area contributed by atoms with Gasteiger partial charge in [-0.05, 0) is 31.5 Å². The minimum Gasteiger partial charge on any atom is -0.364 e. The molecule has 6 heteroatoms. The van der Waals surface area contributed by atoms with E-state index in [0.717, 1.165) is 42.8 Å². The van der Waals surface area contributed by atoms with Crippen molar-refractivity contribution in [2.45, 2.75) is 25.4 Å². The Balaban J connectivity index is 1.75. The predicted molar refractivity (Wildman–Crippen MR) is 85.9 cm³/mol. The molecule has 1 aliphatic heterocycles. The normalized spacial score (nSPS) is 18.7. The van der Waals surface area contributed by atoms with Crippen molar-refractivity contribution in [1.82, 2.24) is 19.6 Å². The molecule has 1 saturated heterocycles. The fourth-order valence-corrected chi connectivity index (χ4v) is 3.38. The van der Waals surface area contributed by atoms with E-state index < -0.39 is 0 Å². The lowest BCUT2D eigenvalue weighted by atomic mass is 10.1. The van der Waals surface area contributed by atoms with Crippen molar-refractivity contribution in [3.8, 4) is 0 Å². The van der Waals surface area contributed by atoms with Crippen LogP contribution in [0.5, 0.6) is 0 Å². The van der Waals surface area contributed by atoms with Gasteiger partial charge >= 0.3 is 0 Å². The number of rotatable bonds is 3. The van der Waals surface area contributed by atoms with E-state index in [1.807, 2.05) is 31.3 Å². The molecule has 0 aliphatic carbocycles. The van der Waals surface area contributed by atoms with Crippen molar-refractivity contribution >= 4 is 10.9 Å². The molecule has 0 radical (unpaired) electrons. The van der Waals surface area contributed by atoms with Crippen molar-refractivity contribution in [3.05, 3.63) is 58.5 Å². The molecule has 1 aliphatic rings. The van der Waals surface area contributed by atoms with Crippen LogP contribution in [0.15, 0.2) is 46.0 Å². The average molecular weight is 310 g/mol. The van der Waals surface area contributed by atoms with E-state index in [-0.39, 0.29) is 11.6 Å². The standard InChI is InChI=1S/C17H18N4O2/c1-20-16(19-14-6-3-2-5-13(14)17(20)22)15-7-4-8-21(15)10-12-9-18-23-11-12/h2-3,5-6,9,11,15H,4,7-8,10H2,1H3. The molecule has 0 saturated carbocycles. The number of aromatic nitrogens is 3. The second-order valence-electron chi connectivity index (χ2n) is 6.01. The Labute approximate surface area is 133 Å². The summed E-state index contributed by atoms with van der Waals surface area (Å²) < 4.78 is 6.61. The SMILES string of the molecule is Cn1c(C2CCCN2Cc2cnoc2)nc2ccccc2c1=O. The molecule has 3 aromatic rings. The summed E-state index contributed by atoms with van der Waals surface area (Å²) in [6, 6.07) is 7.67. The van der Waals surface area contributed by atoms with Gasteiger partial charge in [-0.15, -0.1) is 0 Å². The van der Waals surface area contributed by atoms with Gasteiger partial charge in [0, 0.05) is 19.2 Å². The topological polar surface area (TPSA) is 64.2 Å². The zero-order valence-electron chi connectivity index (χ0n) is 13.0. The Bertz CT molecular complexity index is 885. The Morgan fingerprint density at radius 2 is 2.22 bits per heavy atom. The number of hydrogen-bond acceptors (Lipinski definition) is 5. The van der Waals surface area contributed by atoms with Crippen LogP contribution in [-0.2, 0) is 13.6 Å². The third-order valence-corrected chi connectivity index (χ3v) is 4.55. The van der Waals surface area contributed by atoms with Gasteiger partial charge in [0.2, 0.25) is 0 Å². The first-order chi connectivity index (χ1) is 11.2. The van der Waals surface area contributed by atoms with Crippen molar-refractivity contribution < 1.29 is 4.52 Å². The van der Waals surface area contributed by atoms with Gasteiger partial charge in [-0.25, -0.2) is 4.98 Å². The first-order valence-corrected chi connectivity index (χ1v) is 7.82. The van der Waals surface area contributed by atoms with Crippen molar-refractivity contribution in [3.63, 3.8) is 0 Å². The van der Waals surface area contributed by atoms with Crippen LogP contribution in [0.3, 0.4) is 0 Å². The van der Waals surface area contributed by atoms with Crippen LogP contribution in [0.2, 0.25) is 0 Å². The molecule has 0 amide bonds. The maximum Gasteiger partial charge on any atom is 0.261 e. The second-order valence-corrected chi connectivity index (χ2v) is 6.01. The molecule has 1 unspecified atom stereocenters. The van der Waals surface area contributed by atoms with Gasteiger partial charge in [-0.3, -0.25) is 14.3 Å². The van der Waals surface area contributed by atoms with E-state index in [4.69, 9.17) is 9.51 Å². The molecule has 0 N–H and O–H groups in total. The Hall–Kier alpha value is -2.47.